The van der Waals surface area contributed by atoms with Crippen LogP contribution in [-0.2, 0) is 4.74 Å². The fourth-order valence-electron chi connectivity index (χ4n) is 1.08. The van der Waals surface area contributed by atoms with Gasteiger partial charge in [-0.2, -0.15) is 5.21 Å². The zero-order valence-corrected chi connectivity index (χ0v) is 9.49. The Balaban J connectivity index is 2.19. The molecule has 0 aliphatic rings. The van der Waals surface area contributed by atoms with Crippen molar-refractivity contribution in [2.24, 2.45) is 0 Å². The molecule has 1 aromatic rings. The predicted octanol–water partition coefficient (Wildman–Crippen LogP) is -0.0682. The molecule has 0 aliphatic heterocycles. The van der Waals surface area contributed by atoms with Gasteiger partial charge in [-0.1, -0.05) is 0 Å². The summed E-state index contributed by atoms with van der Waals surface area (Å²) in [5.41, 5.74) is 5.55. The Hall–Kier alpha value is -1.63. The maximum absolute atomic E-state index is 11.5. The van der Waals surface area contributed by atoms with E-state index >= 15 is 0 Å². The number of aromatic nitrogens is 3. The molecule has 16 heavy (non-hydrogen) atoms. The molecule has 1 heterocycles. The second kappa shape index (κ2) is 6.06. The lowest BCUT2D eigenvalue weighted by Crippen LogP contribution is -2.26. The van der Waals surface area contributed by atoms with Gasteiger partial charge in [0.15, 0.2) is 11.5 Å². The number of nitrogens with one attached hydrogen (secondary N) is 2. The van der Waals surface area contributed by atoms with Crippen LogP contribution in [0, 0.1) is 0 Å². The standard InChI is InChI=1S/C9H17N5O2/c1-6(2)16-5-3-4-11-9(15)7-8(10)13-14-12-7/h6H,3-5H2,1-2H3,(H,11,15)(H3,10,12,13,14). The number of hydrogen-bond acceptors (Lipinski definition) is 5. The zero-order chi connectivity index (χ0) is 12.0. The molecule has 0 aromatic carbocycles. The summed E-state index contributed by atoms with van der Waals surface area (Å²) < 4.78 is 5.33. The van der Waals surface area contributed by atoms with E-state index in [4.69, 9.17) is 10.5 Å². The molecule has 0 saturated heterocycles. The van der Waals surface area contributed by atoms with Crippen molar-refractivity contribution in [3.63, 3.8) is 0 Å². The van der Waals surface area contributed by atoms with E-state index in [0.717, 1.165) is 6.42 Å². The Bertz CT molecular complexity index is 336. The van der Waals surface area contributed by atoms with E-state index < -0.39 is 0 Å². The number of anilines is 1. The quantitative estimate of drug-likeness (QED) is 0.590. The summed E-state index contributed by atoms with van der Waals surface area (Å²) in [7, 11) is 0. The Labute approximate surface area is 93.7 Å². The number of hydrogen-bond donors (Lipinski definition) is 3. The van der Waals surface area contributed by atoms with Crippen LogP contribution in [-0.4, -0.2) is 40.6 Å². The van der Waals surface area contributed by atoms with Crippen LogP contribution >= 0.6 is 0 Å². The van der Waals surface area contributed by atoms with Gasteiger partial charge in [0.05, 0.1) is 6.10 Å². The third-order valence-electron chi connectivity index (χ3n) is 1.85. The number of ether oxygens (including phenoxy) is 1. The van der Waals surface area contributed by atoms with Crippen molar-refractivity contribution in [3.8, 4) is 0 Å². The number of rotatable bonds is 6. The smallest absolute Gasteiger partial charge is 0.275 e. The van der Waals surface area contributed by atoms with Crippen LogP contribution in [0.25, 0.3) is 0 Å². The highest BCUT2D eigenvalue weighted by Crippen LogP contribution is 2.00. The van der Waals surface area contributed by atoms with Crippen molar-refractivity contribution in [2.45, 2.75) is 26.4 Å². The summed E-state index contributed by atoms with van der Waals surface area (Å²) in [5.74, 6) is -0.216. The first-order valence-corrected chi connectivity index (χ1v) is 5.17. The van der Waals surface area contributed by atoms with Crippen LogP contribution in [0.3, 0.4) is 0 Å². The zero-order valence-electron chi connectivity index (χ0n) is 9.49. The van der Waals surface area contributed by atoms with Gasteiger partial charge in [-0.05, 0) is 20.3 Å². The molecule has 1 rings (SSSR count). The third-order valence-corrected chi connectivity index (χ3v) is 1.85. The lowest BCUT2D eigenvalue weighted by atomic mass is 10.3. The molecular weight excluding hydrogens is 210 g/mol. The minimum Gasteiger partial charge on any atom is -0.380 e. The van der Waals surface area contributed by atoms with Gasteiger partial charge >= 0.3 is 0 Å². The molecule has 0 saturated carbocycles. The normalized spacial score (nSPS) is 10.7. The van der Waals surface area contributed by atoms with Gasteiger partial charge in [-0.25, -0.2) is 0 Å². The van der Waals surface area contributed by atoms with Crippen LogP contribution < -0.4 is 11.1 Å². The van der Waals surface area contributed by atoms with Crippen LogP contribution in [0.1, 0.15) is 30.8 Å². The van der Waals surface area contributed by atoms with Gasteiger partial charge in [-0.3, -0.25) is 4.79 Å². The second-order valence-electron chi connectivity index (χ2n) is 3.59. The fourth-order valence-corrected chi connectivity index (χ4v) is 1.08. The van der Waals surface area contributed by atoms with Crippen LogP contribution in [0.15, 0.2) is 0 Å². The molecule has 0 fully saturated rings. The van der Waals surface area contributed by atoms with Crippen LogP contribution in [0.4, 0.5) is 5.82 Å². The molecule has 1 amide bonds. The maximum Gasteiger partial charge on any atom is 0.275 e. The van der Waals surface area contributed by atoms with E-state index in [1.807, 2.05) is 13.8 Å². The largest absolute Gasteiger partial charge is 0.380 e. The fraction of sp³-hybridized carbons (Fsp3) is 0.667. The van der Waals surface area contributed by atoms with E-state index in [0.29, 0.717) is 13.2 Å². The number of aromatic amines is 1. The Morgan fingerprint density at radius 1 is 1.56 bits per heavy atom. The summed E-state index contributed by atoms with van der Waals surface area (Å²) in [5, 5.41) is 12.2. The Morgan fingerprint density at radius 2 is 2.31 bits per heavy atom. The Morgan fingerprint density at radius 3 is 2.88 bits per heavy atom. The van der Waals surface area contributed by atoms with Gasteiger partial charge in [0.2, 0.25) is 0 Å². The van der Waals surface area contributed by atoms with Crippen molar-refractivity contribution < 1.29 is 9.53 Å². The van der Waals surface area contributed by atoms with Gasteiger partial charge in [-0.15, -0.1) is 10.2 Å². The lowest BCUT2D eigenvalue weighted by Gasteiger charge is -2.07. The molecule has 7 heteroatoms. The van der Waals surface area contributed by atoms with Crippen LogP contribution in [0.5, 0.6) is 0 Å². The number of nitrogens with zero attached hydrogens (tertiary/aromatic N) is 2. The first-order chi connectivity index (χ1) is 7.61. The Kier molecular flexibility index (Phi) is 4.71. The summed E-state index contributed by atoms with van der Waals surface area (Å²) in [6, 6.07) is 0. The van der Waals surface area contributed by atoms with Gasteiger partial charge in [0.1, 0.15) is 0 Å². The minimum absolute atomic E-state index is 0.107. The van der Waals surface area contributed by atoms with Crippen molar-refractivity contribution >= 4 is 11.7 Å². The molecule has 90 valence electrons. The lowest BCUT2D eigenvalue weighted by molar-refractivity contribution is 0.0756. The number of amides is 1. The molecule has 0 radical (unpaired) electrons. The molecule has 4 N–H and O–H groups in total. The molecule has 0 unspecified atom stereocenters. The highest BCUT2D eigenvalue weighted by molar-refractivity contribution is 5.96. The summed E-state index contributed by atoms with van der Waals surface area (Å²) >= 11 is 0. The maximum atomic E-state index is 11.5. The third kappa shape index (κ3) is 3.85. The topological polar surface area (TPSA) is 106 Å². The van der Waals surface area contributed by atoms with Crippen molar-refractivity contribution in [1.29, 1.82) is 0 Å². The first-order valence-electron chi connectivity index (χ1n) is 5.17. The molecule has 7 nitrogen and oxygen atoms in total. The average molecular weight is 227 g/mol. The van der Waals surface area contributed by atoms with Crippen molar-refractivity contribution in [2.75, 3.05) is 18.9 Å². The monoisotopic (exact) mass is 227 g/mol. The number of carbonyl (C=O) groups is 1. The van der Waals surface area contributed by atoms with Crippen molar-refractivity contribution in [1.82, 2.24) is 20.7 Å². The molecule has 0 atom stereocenters. The molecule has 1 aromatic heterocycles. The number of nitrogen functional groups attached to an aromatic ring is 1. The minimum atomic E-state index is -0.323. The van der Waals surface area contributed by atoms with Gasteiger partial charge in [0, 0.05) is 13.2 Å². The van der Waals surface area contributed by atoms with E-state index in [1.54, 1.807) is 0 Å². The molecular formula is C9H17N5O2. The van der Waals surface area contributed by atoms with Gasteiger partial charge < -0.3 is 15.8 Å². The van der Waals surface area contributed by atoms with Crippen LogP contribution in [0.2, 0.25) is 0 Å². The SMILES string of the molecule is CC(C)OCCCNC(=O)c1n[nH]nc1N. The average Bonchev–Trinajstić information content (AvgIpc) is 2.63. The van der Waals surface area contributed by atoms with E-state index in [1.165, 1.54) is 0 Å². The van der Waals surface area contributed by atoms with E-state index in [2.05, 4.69) is 20.7 Å². The van der Waals surface area contributed by atoms with Crippen molar-refractivity contribution in [3.05, 3.63) is 5.69 Å². The summed E-state index contributed by atoms with van der Waals surface area (Å²) in [6.07, 6.45) is 0.962. The molecule has 0 bridgehead atoms. The summed E-state index contributed by atoms with van der Waals surface area (Å²) in [4.78, 5) is 11.5. The van der Waals surface area contributed by atoms with Gasteiger partial charge in [0.25, 0.3) is 5.91 Å². The second-order valence-corrected chi connectivity index (χ2v) is 3.59. The summed E-state index contributed by atoms with van der Waals surface area (Å²) in [6.45, 7) is 5.08. The number of H-pyrrole nitrogens is 1. The number of carbonyl (C=O) groups excluding carboxylic acids is 1. The molecule has 0 aliphatic carbocycles. The highest BCUT2D eigenvalue weighted by Gasteiger charge is 2.12. The van der Waals surface area contributed by atoms with E-state index in [-0.39, 0.29) is 23.5 Å². The molecule has 0 spiro atoms. The first kappa shape index (κ1) is 12.4. The highest BCUT2D eigenvalue weighted by atomic mass is 16.5. The predicted molar refractivity (Wildman–Crippen MR) is 58.8 cm³/mol. The number of nitrogens with two attached hydrogens (primary N) is 1. The van der Waals surface area contributed by atoms with E-state index in [9.17, 15) is 4.79 Å².